The summed E-state index contributed by atoms with van der Waals surface area (Å²) in [5.74, 6) is 1.44. The van der Waals surface area contributed by atoms with Crippen molar-refractivity contribution in [2.24, 2.45) is 0 Å². The maximum atomic E-state index is 11.4. The van der Waals surface area contributed by atoms with E-state index in [9.17, 15) is 4.79 Å². The number of aldehydes is 1. The number of carbonyl (C=O) groups is 1. The minimum Gasteiger partial charge on any atom is -0.543 e. The highest BCUT2D eigenvalue weighted by Gasteiger charge is 2.40. The van der Waals surface area contributed by atoms with Crippen LogP contribution in [0.3, 0.4) is 0 Å². The van der Waals surface area contributed by atoms with Crippen molar-refractivity contribution < 1.29 is 13.6 Å². The molecule has 0 spiro atoms. The van der Waals surface area contributed by atoms with Gasteiger partial charge in [0.1, 0.15) is 11.5 Å². The van der Waals surface area contributed by atoms with E-state index >= 15 is 0 Å². The van der Waals surface area contributed by atoms with Crippen LogP contribution >= 0.6 is 0 Å². The molecule has 0 saturated carbocycles. The normalized spacial score (nSPS) is 13.6. The molecule has 0 radical (unpaired) electrons. The predicted octanol–water partition coefficient (Wildman–Crippen LogP) is 6.27. The van der Waals surface area contributed by atoms with Gasteiger partial charge in [-0.1, -0.05) is 41.5 Å². The van der Waals surface area contributed by atoms with Gasteiger partial charge < -0.3 is 8.85 Å². The first-order chi connectivity index (χ1) is 10.6. The summed E-state index contributed by atoms with van der Waals surface area (Å²) in [6.07, 6.45) is 0.860. The SMILES string of the molecule is CC(C)(C)[Si](C)(C)Oc1ccc(C=O)c(O[Si](C)(C)C(C)(C)C)c1. The summed E-state index contributed by atoms with van der Waals surface area (Å²) in [6.45, 7) is 22.0. The Morgan fingerprint density at radius 2 is 1.29 bits per heavy atom. The maximum Gasteiger partial charge on any atom is 0.250 e. The first-order valence-corrected chi connectivity index (χ1v) is 14.4. The standard InChI is InChI=1S/C19H34O3Si2/c1-18(2,3)23(7,8)21-16-12-11-15(14-20)17(13-16)22-24(9,10)19(4,5)6/h11-14H,1-10H3. The third-order valence-corrected chi connectivity index (χ3v) is 14.2. The van der Waals surface area contributed by atoms with E-state index in [1.165, 1.54) is 0 Å². The van der Waals surface area contributed by atoms with E-state index < -0.39 is 16.6 Å². The number of benzene rings is 1. The van der Waals surface area contributed by atoms with Crippen molar-refractivity contribution in [3.8, 4) is 11.5 Å². The van der Waals surface area contributed by atoms with Crippen LogP contribution in [0.5, 0.6) is 11.5 Å². The highest BCUT2D eigenvalue weighted by Crippen LogP contribution is 2.41. The Bertz CT molecular complexity index is 594. The molecule has 0 amide bonds. The molecule has 0 N–H and O–H groups in total. The minimum absolute atomic E-state index is 0.0729. The predicted molar refractivity (Wildman–Crippen MR) is 107 cm³/mol. The Morgan fingerprint density at radius 3 is 1.71 bits per heavy atom. The average Bonchev–Trinajstić information content (AvgIpc) is 2.35. The molecule has 0 fully saturated rings. The summed E-state index contributed by atoms with van der Waals surface area (Å²) in [4.78, 5) is 11.4. The number of hydrogen-bond donors (Lipinski definition) is 0. The van der Waals surface area contributed by atoms with Crippen molar-refractivity contribution in [2.75, 3.05) is 0 Å². The number of rotatable bonds is 5. The van der Waals surface area contributed by atoms with Gasteiger partial charge >= 0.3 is 0 Å². The van der Waals surface area contributed by atoms with Gasteiger partial charge in [0.25, 0.3) is 8.32 Å². The quantitative estimate of drug-likeness (QED) is 0.455. The Labute approximate surface area is 150 Å². The van der Waals surface area contributed by atoms with Crippen LogP contribution in [0.1, 0.15) is 51.9 Å². The Balaban J connectivity index is 3.21. The Kier molecular flexibility index (Phi) is 5.83. The highest BCUT2D eigenvalue weighted by molar-refractivity contribution is 6.75. The molecule has 24 heavy (non-hydrogen) atoms. The molecule has 1 rings (SSSR count). The van der Waals surface area contributed by atoms with Crippen molar-refractivity contribution in [1.82, 2.24) is 0 Å². The molecule has 0 heterocycles. The van der Waals surface area contributed by atoms with Gasteiger partial charge in [-0.15, -0.1) is 0 Å². The largest absolute Gasteiger partial charge is 0.543 e. The molecule has 3 nitrogen and oxygen atoms in total. The second-order valence-electron chi connectivity index (χ2n) is 9.54. The zero-order valence-electron chi connectivity index (χ0n) is 17.0. The summed E-state index contributed by atoms with van der Waals surface area (Å²) in [7, 11) is -3.94. The van der Waals surface area contributed by atoms with Gasteiger partial charge in [-0.25, -0.2) is 0 Å². The van der Waals surface area contributed by atoms with Crippen LogP contribution in [0.15, 0.2) is 18.2 Å². The fourth-order valence-electron chi connectivity index (χ4n) is 1.64. The third kappa shape index (κ3) is 4.73. The minimum atomic E-state index is -2.01. The topological polar surface area (TPSA) is 35.5 Å². The molecule has 0 aliphatic carbocycles. The average molecular weight is 367 g/mol. The lowest BCUT2D eigenvalue weighted by Gasteiger charge is -2.38. The first kappa shape index (κ1) is 21.0. The summed E-state index contributed by atoms with van der Waals surface area (Å²) in [5.41, 5.74) is 0.586. The second-order valence-corrected chi connectivity index (χ2v) is 19.0. The van der Waals surface area contributed by atoms with Crippen LogP contribution in [0, 0.1) is 0 Å². The van der Waals surface area contributed by atoms with E-state index in [1.807, 2.05) is 12.1 Å². The molecule has 5 heteroatoms. The molecule has 0 aliphatic rings. The maximum absolute atomic E-state index is 11.4. The van der Waals surface area contributed by atoms with E-state index in [1.54, 1.807) is 6.07 Å². The molecule has 1 aromatic rings. The van der Waals surface area contributed by atoms with E-state index in [-0.39, 0.29) is 10.1 Å². The third-order valence-electron chi connectivity index (χ3n) is 5.46. The zero-order chi connectivity index (χ0) is 19.0. The molecule has 0 unspecified atom stereocenters. The van der Waals surface area contributed by atoms with Crippen LogP contribution in [-0.2, 0) is 0 Å². The van der Waals surface area contributed by atoms with Gasteiger partial charge in [-0.05, 0) is 48.4 Å². The molecule has 0 saturated heterocycles. The van der Waals surface area contributed by atoms with Crippen molar-refractivity contribution in [3.05, 3.63) is 23.8 Å². The summed E-state index contributed by atoms with van der Waals surface area (Å²) in [5, 5.41) is 0.195. The zero-order valence-corrected chi connectivity index (χ0v) is 19.0. The summed E-state index contributed by atoms with van der Waals surface area (Å²) >= 11 is 0. The molecular formula is C19H34O3Si2. The van der Waals surface area contributed by atoms with Crippen molar-refractivity contribution >= 4 is 22.9 Å². The van der Waals surface area contributed by atoms with E-state index in [4.69, 9.17) is 8.85 Å². The van der Waals surface area contributed by atoms with E-state index in [0.29, 0.717) is 11.3 Å². The monoisotopic (exact) mass is 366 g/mol. The summed E-state index contributed by atoms with van der Waals surface area (Å²) in [6, 6.07) is 5.57. The first-order valence-electron chi connectivity index (χ1n) is 8.58. The molecule has 1 aromatic carbocycles. The molecule has 0 aromatic heterocycles. The van der Waals surface area contributed by atoms with Crippen LogP contribution in [0.4, 0.5) is 0 Å². The van der Waals surface area contributed by atoms with Gasteiger partial charge in [0, 0.05) is 6.07 Å². The van der Waals surface area contributed by atoms with Crippen LogP contribution in [0.25, 0.3) is 0 Å². The van der Waals surface area contributed by atoms with E-state index in [2.05, 4.69) is 67.7 Å². The van der Waals surface area contributed by atoms with Gasteiger partial charge in [-0.3, -0.25) is 4.79 Å². The van der Waals surface area contributed by atoms with Gasteiger partial charge in [0.15, 0.2) is 6.29 Å². The number of carbonyl (C=O) groups excluding carboxylic acids is 1. The smallest absolute Gasteiger partial charge is 0.250 e. The Morgan fingerprint density at radius 1 is 0.833 bits per heavy atom. The molecule has 0 aliphatic heterocycles. The lowest BCUT2D eigenvalue weighted by atomic mass is 10.2. The fourth-order valence-corrected chi connectivity index (χ4v) is 3.69. The number of hydrogen-bond acceptors (Lipinski definition) is 3. The van der Waals surface area contributed by atoms with Crippen LogP contribution in [0.2, 0.25) is 36.3 Å². The van der Waals surface area contributed by atoms with Gasteiger partial charge in [0.2, 0.25) is 8.32 Å². The van der Waals surface area contributed by atoms with E-state index in [0.717, 1.165) is 12.0 Å². The second kappa shape index (κ2) is 6.67. The van der Waals surface area contributed by atoms with Crippen molar-refractivity contribution in [3.63, 3.8) is 0 Å². The van der Waals surface area contributed by atoms with Crippen LogP contribution < -0.4 is 8.85 Å². The van der Waals surface area contributed by atoms with Gasteiger partial charge in [-0.2, -0.15) is 0 Å². The molecule has 136 valence electrons. The molecule has 0 bridgehead atoms. The molecule has 0 atom stereocenters. The summed E-state index contributed by atoms with van der Waals surface area (Å²) < 4.78 is 12.7. The molecular weight excluding hydrogens is 332 g/mol. The van der Waals surface area contributed by atoms with Crippen molar-refractivity contribution in [1.29, 1.82) is 0 Å². The van der Waals surface area contributed by atoms with Crippen molar-refractivity contribution in [2.45, 2.75) is 77.8 Å². The fraction of sp³-hybridized carbons (Fsp3) is 0.632. The lowest BCUT2D eigenvalue weighted by molar-refractivity contribution is 0.112. The van der Waals surface area contributed by atoms with Gasteiger partial charge in [0.05, 0.1) is 5.56 Å². The highest BCUT2D eigenvalue weighted by atomic mass is 28.4. The lowest BCUT2D eigenvalue weighted by Crippen LogP contribution is -2.44. The van der Waals surface area contributed by atoms with Crippen LogP contribution in [-0.4, -0.2) is 22.9 Å². The Hall–Kier alpha value is -1.08.